The number of carbonyl (C=O) groups is 2. The maximum absolute atomic E-state index is 12.0. The highest BCUT2D eigenvalue weighted by molar-refractivity contribution is 7.09. The Balaban J connectivity index is 2.04. The quantitative estimate of drug-likeness (QED) is 0.861. The van der Waals surface area contributed by atoms with Gasteiger partial charge < -0.3 is 10.1 Å². The van der Waals surface area contributed by atoms with Crippen molar-refractivity contribution in [1.82, 2.24) is 0 Å². The van der Waals surface area contributed by atoms with Gasteiger partial charge in [-0.1, -0.05) is 17.7 Å². The van der Waals surface area contributed by atoms with Crippen LogP contribution in [-0.4, -0.2) is 19.0 Å². The fraction of sp³-hybridized carbons (Fsp3) is 0.250. The molecule has 1 amide bonds. The molecule has 1 heterocycles. The van der Waals surface area contributed by atoms with Crippen molar-refractivity contribution < 1.29 is 14.3 Å². The lowest BCUT2D eigenvalue weighted by Crippen LogP contribution is -2.15. The van der Waals surface area contributed by atoms with Crippen molar-refractivity contribution in [3.05, 3.63) is 51.7 Å². The van der Waals surface area contributed by atoms with Crippen LogP contribution in [0.3, 0.4) is 0 Å². The van der Waals surface area contributed by atoms with Crippen LogP contribution in [0.2, 0.25) is 0 Å². The molecule has 0 aliphatic carbocycles. The lowest BCUT2D eigenvalue weighted by Gasteiger charge is -2.10. The summed E-state index contributed by atoms with van der Waals surface area (Å²) >= 11 is 1.63. The summed E-state index contributed by atoms with van der Waals surface area (Å²) in [7, 11) is 1.33. The van der Waals surface area contributed by atoms with E-state index in [-0.39, 0.29) is 5.91 Å². The van der Waals surface area contributed by atoms with E-state index in [1.807, 2.05) is 30.5 Å². The topological polar surface area (TPSA) is 55.4 Å². The molecule has 0 fully saturated rings. The minimum absolute atomic E-state index is 0.114. The highest BCUT2D eigenvalue weighted by Gasteiger charge is 2.14. The number of methoxy groups -OCH3 is 1. The van der Waals surface area contributed by atoms with E-state index in [0.717, 1.165) is 5.56 Å². The first-order chi connectivity index (χ1) is 10.1. The predicted molar refractivity (Wildman–Crippen MR) is 83.8 cm³/mol. The van der Waals surface area contributed by atoms with Crippen LogP contribution < -0.4 is 5.32 Å². The summed E-state index contributed by atoms with van der Waals surface area (Å²) in [5.41, 5.74) is 1.80. The Morgan fingerprint density at radius 2 is 2.10 bits per heavy atom. The molecule has 1 aromatic heterocycles. The first kappa shape index (κ1) is 15.3. The molecule has 21 heavy (non-hydrogen) atoms. The van der Waals surface area contributed by atoms with Crippen LogP contribution in [0.15, 0.2) is 35.7 Å². The van der Waals surface area contributed by atoms with E-state index >= 15 is 0 Å². The third-order valence-electron chi connectivity index (χ3n) is 3.03. The number of esters is 1. The molecule has 4 nitrogen and oxygen atoms in total. The third kappa shape index (κ3) is 4.16. The predicted octanol–water partition coefficient (Wildman–Crippen LogP) is 3.41. The van der Waals surface area contributed by atoms with E-state index in [9.17, 15) is 9.59 Å². The summed E-state index contributed by atoms with van der Waals surface area (Å²) in [6.07, 6.45) is 1.08. The van der Waals surface area contributed by atoms with Gasteiger partial charge in [0.25, 0.3) is 0 Å². The fourth-order valence-electron chi connectivity index (χ4n) is 1.95. The van der Waals surface area contributed by atoms with Crippen LogP contribution in [0.25, 0.3) is 0 Å². The molecule has 0 unspecified atom stereocenters. The van der Waals surface area contributed by atoms with Gasteiger partial charge in [-0.3, -0.25) is 4.79 Å². The van der Waals surface area contributed by atoms with Gasteiger partial charge in [0.15, 0.2) is 0 Å². The van der Waals surface area contributed by atoms with Crippen LogP contribution in [0, 0.1) is 6.92 Å². The second kappa shape index (κ2) is 7.04. The number of rotatable bonds is 5. The summed E-state index contributed by atoms with van der Waals surface area (Å²) in [5, 5.41) is 4.77. The minimum Gasteiger partial charge on any atom is -0.465 e. The van der Waals surface area contributed by atoms with Crippen molar-refractivity contribution in [2.24, 2.45) is 0 Å². The third-order valence-corrected chi connectivity index (χ3v) is 3.97. The molecule has 2 aromatic rings. The Morgan fingerprint density at radius 1 is 1.29 bits per heavy atom. The molecular weight excluding hydrogens is 286 g/mol. The van der Waals surface area contributed by atoms with Crippen LogP contribution in [-0.2, 0) is 16.0 Å². The average molecular weight is 303 g/mol. The van der Waals surface area contributed by atoms with Gasteiger partial charge in [-0.25, -0.2) is 4.79 Å². The molecule has 0 saturated heterocycles. The van der Waals surface area contributed by atoms with Crippen LogP contribution in [0.1, 0.15) is 27.2 Å². The molecule has 2 rings (SSSR count). The molecule has 0 radical (unpaired) electrons. The standard InChI is InChI=1S/C16H17NO3S/c1-11-5-7-14(13(10-11)16(19)20-2)17-15(18)8-6-12-4-3-9-21-12/h3-5,7,9-10H,6,8H2,1-2H3,(H,17,18). The fourth-order valence-corrected chi connectivity index (χ4v) is 2.66. The Kier molecular flexibility index (Phi) is 5.11. The minimum atomic E-state index is -0.452. The number of benzene rings is 1. The molecule has 0 spiro atoms. The largest absolute Gasteiger partial charge is 0.465 e. The zero-order valence-corrected chi connectivity index (χ0v) is 12.8. The second-order valence-electron chi connectivity index (χ2n) is 4.67. The van der Waals surface area contributed by atoms with E-state index < -0.39 is 5.97 Å². The zero-order chi connectivity index (χ0) is 15.2. The van der Waals surface area contributed by atoms with E-state index in [1.165, 1.54) is 12.0 Å². The highest BCUT2D eigenvalue weighted by atomic mass is 32.1. The Labute approximate surface area is 127 Å². The number of hydrogen-bond acceptors (Lipinski definition) is 4. The number of aryl methyl sites for hydroxylation is 2. The molecule has 1 aromatic carbocycles. The van der Waals surface area contributed by atoms with Gasteiger partial charge in [0, 0.05) is 11.3 Å². The molecule has 110 valence electrons. The number of thiophene rings is 1. The molecule has 0 aliphatic heterocycles. The molecular formula is C16H17NO3S. The van der Waals surface area contributed by atoms with Crippen molar-refractivity contribution in [3.8, 4) is 0 Å². The highest BCUT2D eigenvalue weighted by Crippen LogP contribution is 2.19. The maximum Gasteiger partial charge on any atom is 0.339 e. The van der Waals surface area contributed by atoms with Gasteiger partial charge >= 0.3 is 5.97 Å². The first-order valence-corrected chi connectivity index (χ1v) is 7.49. The summed E-state index contributed by atoms with van der Waals surface area (Å²) in [6, 6.07) is 9.25. The van der Waals surface area contributed by atoms with Crippen molar-refractivity contribution in [2.45, 2.75) is 19.8 Å². The number of amides is 1. The van der Waals surface area contributed by atoms with Crippen LogP contribution in [0.4, 0.5) is 5.69 Å². The van der Waals surface area contributed by atoms with Gasteiger partial charge in [-0.05, 0) is 36.9 Å². The van der Waals surface area contributed by atoms with Crippen molar-refractivity contribution in [3.63, 3.8) is 0 Å². The van der Waals surface area contributed by atoms with Crippen LogP contribution in [0.5, 0.6) is 0 Å². The molecule has 0 bridgehead atoms. The Morgan fingerprint density at radius 3 is 2.76 bits per heavy atom. The van der Waals surface area contributed by atoms with E-state index in [1.54, 1.807) is 23.5 Å². The van der Waals surface area contributed by atoms with Gasteiger partial charge in [0.2, 0.25) is 5.91 Å². The smallest absolute Gasteiger partial charge is 0.339 e. The monoisotopic (exact) mass is 303 g/mol. The van der Waals surface area contributed by atoms with Gasteiger partial charge in [-0.15, -0.1) is 11.3 Å². The Bertz CT molecular complexity index is 635. The normalized spacial score (nSPS) is 10.2. The van der Waals surface area contributed by atoms with Crippen LogP contribution >= 0.6 is 11.3 Å². The summed E-state index contributed by atoms with van der Waals surface area (Å²) in [5.74, 6) is -0.565. The lowest BCUT2D eigenvalue weighted by molar-refractivity contribution is -0.116. The average Bonchev–Trinajstić information content (AvgIpc) is 2.99. The van der Waals surface area contributed by atoms with Crippen molar-refractivity contribution in [1.29, 1.82) is 0 Å². The number of ether oxygens (including phenoxy) is 1. The number of carbonyl (C=O) groups excluding carboxylic acids is 2. The lowest BCUT2D eigenvalue weighted by atomic mass is 10.1. The zero-order valence-electron chi connectivity index (χ0n) is 12.0. The number of hydrogen-bond donors (Lipinski definition) is 1. The van der Waals surface area contributed by atoms with E-state index in [0.29, 0.717) is 24.1 Å². The summed E-state index contributed by atoms with van der Waals surface area (Å²) < 4.78 is 4.74. The van der Waals surface area contributed by atoms with Gasteiger partial charge in [0.05, 0.1) is 18.4 Å². The molecule has 5 heteroatoms. The maximum atomic E-state index is 12.0. The van der Waals surface area contributed by atoms with E-state index in [4.69, 9.17) is 4.74 Å². The van der Waals surface area contributed by atoms with Crippen molar-refractivity contribution >= 4 is 28.9 Å². The number of nitrogens with one attached hydrogen (secondary N) is 1. The summed E-state index contributed by atoms with van der Waals surface area (Å²) in [6.45, 7) is 1.88. The first-order valence-electron chi connectivity index (χ1n) is 6.61. The van der Waals surface area contributed by atoms with Crippen molar-refractivity contribution in [2.75, 3.05) is 12.4 Å². The van der Waals surface area contributed by atoms with E-state index in [2.05, 4.69) is 5.32 Å². The van der Waals surface area contributed by atoms with Gasteiger partial charge in [0.1, 0.15) is 0 Å². The molecule has 0 aliphatic rings. The number of anilines is 1. The molecule has 0 atom stereocenters. The second-order valence-corrected chi connectivity index (χ2v) is 5.70. The SMILES string of the molecule is COC(=O)c1cc(C)ccc1NC(=O)CCc1cccs1. The summed E-state index contributed by atoms with van der Waals surface area (Å²) in [4.78, 5) is 24.9. The molecule has 1 N–H and O–H groups in total. The Hall–Kier alpha value is -2.14. The molecule has 0 saturated carbocycles. The van der Waals surface area contributed by atoms with Gasteiger partial charge in [-0.2, -0.15) is 0 Å².